The van der Waals surface area contributed by atoms with E-state index in [0.29, 0.717) is 26.9 Å². The average molecular weight is 460 g/mol. The van der Waals surface area contributed by atoms with Gasteiger partial charge in [-0.2, -0.15) is 5.10 Å². The van der Waals surface area contributed by atoms with Crippen LogP contribution in [-0.2, 0) is 0 Å². The maximum absolute atomic E-state index is 12.2. The van der Waals surface area contributed by atoms with Crippen LogP contribution in [0.1, 0.15) is 48.0 Å². The minimum absolute atomic E-state index is 0.408. The Morgan fingerprint density at radius 1 is 1.11 bits per heavy atom. The van der Waals surface area contributed by atoms with Crippen molar-refractivity contribution < 1.29 is 9.53 Å². The first-order chi connectivity index (χ1) is 13.6. The molecule has 7 heteroatoms. The molecule has 2 aromatic carbocycles. The molecule has 2 N–H and O–H groups in total. The van der Waals surface area contributed by atoms with Crippen molar-refractivity contribution in [2.24, 2.45) is 5.10 Å². The summed E-state index contributed by atoms with van der Waals surface area (Å²) in [5.74, 6) is 0.0649. The lowest BCUT2D eigenvalue weighted by Crippen LogP contribution is -2.40. The molecule has 146 valence electrons. The second kappa shape index (κ2) is 10.3. The van der Waals surface area contributed by atoms with Gasteiger partial charge in [-0.15, -0.1) is 0 Å². The van der Waals surface area contributed by atoms with Crippen LogP contribution >= 0.6 is 28.1 Å². The van der Waals surface area contributed by atoms with Crippen molar-refractivity contribution in [1.82, 2.24) is 10.7 Å². The van der Waals surface area contributed by atoms with Gasteiger partial charge in [0.1, 0.15) is 5.75 Å². The number of nitrogens with zero attached hydrogens (tertiary/aromatic N) is 1. The summed E-state index contributed by atoms with van der Waals surface area (Å²) in [5.41, 5.74) is 4.20. The molecule has 0 unspecified atom stereocenters. The van der Waals surface area contributed by atoms with Crippen molar-refractivity contribution >= 4 is 45.4 Å². The van der Waals surface area contributed by atoms with Crippen molar-refractivity contribution in [3.8, 4) is 5.75 Å². The first kappa shape index (κ1) is 20.5. The number of nitrogens with one attached hydrogen (secondary N) is 2. The fourth-order valence-electron chi connectivity index (χ4n) is 3.04. The van der Waals surface area contributed by atoms with Gasteiger partial charge >= 0.3 is 5.97 Å². The summed E-state index contributed by atoms with van der Waals surface area (Å²) >= 11 is 8.63. The first-order valence-corrected chi connectivity index (χ1v) is 10.5. The minimum Gasteiger partial charge on any atom is -0.423 e. The van der Waals surface area contributed by atoms with Crippen LogP contribution in [0.2, 0.25) is 0 Å². The molecule has 0 spiro atoms. The predicted octanol–water partition coefficient (Wildman–Crippen LogP) is 4.80. The number of halogens is 1. The second-order valence-electron chi connectivity index (χ2n) is 6.62. The van der Waals surface area contributed by atoms with Gasteiger partial charge in [0.2, 0.25) is 0 Å². The fourth-order valence-corrected chi connectivity index (χ4v) is 3.71. The zero-order valence-electron chi connectivity index (χ0n) is 15.4. The van der Waals surface area contributed by atoms with Crippen molar-refractivity contribution in [3.63, 3.8) is 0 Å². The normalized spacial score (nSPS) is 14.6. The van der Waals surface area contributed by atoms with Gasteiger partial charge in [-0.05, 0) is 83.0 Å². The smallest absolute Gasteiger partial charge is 0.344 e. The average Bonchev–Trinajstić information content (AvgIpc) is 2.70. The number of carbonyl (C=O) groups excluding carboxylic acids is 1. The monoisotopic (exact) mass is 459 g/mol. The van der Waals surface area contributed by atoms with Gasteiger partial charge < -0.3 is 10.1 Å². The van der Waals surface area contributed by atoms with Gasteiger partial charge in [0.25, 0.3) is 0 Å². The third-order valence-electron chi connectivity index (χ3n) is 4.50. The van der Waals surface area contributed by atoms with E-state index in [9.17, 15) is 4.79 Å². The lowest BCUT2D eigenvalue weighted by molar-refractivity contribution is 0.0734. The molecule has 0 aliphatic heterocycles. The van der Waals surface area contributed by atoms with Crippen molar-refractivity contribution in [1.29, 1.82) is 0 Å². The topological polar surface area (TPSA) is 62.7 Å². The number of hydrogen-bond acceptors (Lipinski definition) is 4. The number of esters is 1. The molecule has 5 nitrogen and oxygen atoms in total. The molecule has 0 aromatic heterocycles. The Morgan fingerprint density at radius 3 is 2.54 bits per heavy atom. The largest absolute Gasteiger partial charge is 0.423 e. The third kappa shape index (κ3) is 6.14. The quantitative estimate of drug-likeness (QED) is 0.221. The van der Waals surface area contributed by atoms with Crippen LogP contribution in [0.4, 0.5) is 0 Å². The van der Waals surface area contributed by atoms with E-state index in [4.69, 9.17) is 17.0 Å². The highest BCUT2D eigenvalue weighted by Crippen LogP contribution is 2.19. The number of hydrogen-bond donors (Lipinski definition) is 2. The molecule has 0 heterocycles. The van der Waals surface area contributed by atoms with Crippen molar-refractivity contribution in [2.75, 3.05) is 0 Å². The number of ether oxygens (including phenoxy) is 1. The molecular weight excluding hydrogens is 438 g/mol. The Labute approximate surface area is 178 Å². The maximum Gasteiger partial charge on any atom is 0.344 e. The first-order valence-electron chi connectivity index (χ1n) is 9.28. The Kier molecular flexibility index (Phi) is 7.56. The number of thiocarbonyl (C=S) groups is 1. The number of rotatable bonds is 5. The highest BCUT2D eigenvalue weighted by Gasteiger charge is 2.13. The molecule has 2 aromatic rings. The van der Waals surface area contributed by atoms with E-state index in [2.05, 4.69) is 31.8 Å². The van der Waals surface area contributed by atoms with Crippen LogP contribution < -0.4 is 15.5 Å². The molecule has 28 heavy (non-hydrogen) atoms. The van der Waals surface area contributed by atoms with E-state index in [-0.39, 0.29) is 0 Å². The molecule has 1 aliphatic carbocycles. The third-order valence-corrected chi connectivity index (χ3v) is 5.41. The molecule has 1 saturated carbocycles. The molecule has 1 fully saturated rings. The Morgan fingerprint density at radius 2 is 1.82 bits per heavy atom. The molecular formula is C21H22BrN3O2S. The maximum atomic E-state index is 12.2. The van der Waals surface area contributed by atoms with Crippen LogP contribution in [0.15, 0.2) is 58.1 Å². The Bertz CT molecular complexity index is 849. The number of hydrazone groups is 1. The van der Waals surface area contributed by atoms with Crippen LogP contribution in [0.5, 0.6) is 5.75 Å². The predicted molar refractivity (Wildman–Crippen MR) is 119 cm³/mol. The van der Waals surface area contributed by atoms with Crippen molar-refractivity contribution in [3.05, 3.63) is 64.1 Å². The van der Waals surface area contributed by atoms with E-state index >= 15 is 0 Å². The molecule has 1 aliphatic rings. The second-order valence-corrected chi connectivity index (χ2v) is 7.88. The van der Waals surface area contributed by atoms with Crippen LogP contribution in [0.25, 0.3) is 0 Å². The zero-order chi connectivity index (χ0) is 19.8. The summed E-state index contributed by atoms with van der Waals surface area (Å²) in [4.78, 5) is 12.2. The van der Waals surface area contributed by atoms with E-state index in [1.54, 1.807) is 36.5 Å². The van der Waals surface area contributed by atoms with Gasteiger partial charge in [-0.1, -0.05) is 31.4 Å². The summed E-state index contributed by atoms with van der Waals surface area (Å²) in [7, 11) is 0. The Hall–Kier alpha value is -2.25. The van der Waals surface area contributed by atoms with E-state index in [0.717, 1.165) is 18.4 Å². The summed E-state index contributed by atoms with van der Waals surface area (Å²) in [5, 5.41) is 8.01. The van der Waals surface area contributed by atoms with Crippen LogP contribution in [0.3, 0.4) is 0 Å². The fraction of sp³-hybridized carbons (Fsp3) is 0.286. The molecule has 0 radical (unpaired) electrons. The van der Waals surface area contributed by atoms with Crippen LogP contribution in [0, 0.1) is 0 Å². The highest BCUT2D eigenvalue weighted by atomic mass is 79.9. The minimum atomic E-state index is -0.408. The van der Waals surface area contributed by atoms with Gasteiger partial charge in [-0.3, -0.25) is 5.43 Å². The van der Waals surface area contributed by atoms with E-state index in [1.807, 2.05) is 18.2 Å². The lowest BCUT2D eigenvalue weighted by atomic mass is 9.96. The Balaban J connectivity index is 1.48. The van der Waals surface area contributed by atoms with Crippen LogP contribution in [-0.4, -0.2) is 23.3 Å². The van der Waals surface area contributed by atoms with E-state index in [1.165, 1.54) is 19.3 Å². The zero-order valence-corrected chi connectivity index (χ0v) is 17.8. The lowest BCUT2D eigenvalue weighted by Gasteiger charge is -2.23. The summed E-state index contributed by atoms with van der Waals surface area (Å²) in [6.45, 7) is 0. The molecule has 0 bridgehead atoms. The SMILES string of the molecule is O=C(Oc1ccc(C=NNC(=S)NC2CCCCC2)cc1)c1ccccc1Br. The standard InChI is InChI=1S/C21H22BrN3O2S/c22-19-9-5-4-8-18(19)20(26)27-17-12-10-15(11-13-17)14-23-25-21(28)24-16-6-2-1-3-7-16/h4-5,8-14,16H,1-3,6-7H2,(H2,24,25,28). The van der Waals surface area contributed by atoms with Gasteiger partial charge in [-0.25, -0.2) is 4.79 Å². The highest BCUT2D eigenvalue weighted by molar-refractivity contribution is 9.10. The van der Waals surface area contributed by atoms with E-state index < -0.39 is 5.97 Å². The summed E-state index contributed by atoms with van der Waals surface area (Å²) < 4.78 is 6.11. The summed E-state index contributed by atoms with van der Waals surface area (Å²) in [6, 6.07) is 14.7. The summed E-state index contributed by atoms with van der Waals surface area (Å²) in [6.07, 6.45) is 7.80. The molecule has 0 amide bonds. The van der Waals surface area contributed by atoms with Crippen molar-refractivity contribution in [2.45, 2.75) is 38.1 Å². The number of benzene rings is 2. The number of carbonyl (C=O) groups is 1. The molecule has 0 atom stereocenters. The molecule has 0 saturated heterocycles. The van der Waals surface area contributed by atoms with Gasteiger partial charge in [0.15, 0.2) is 5.11 Å². The molecule has 3 rings (SSSR count). The van der Waals surface area contributed by atoms with Gasteiger partial charge in [0, 0.05) is 10.5 Å². The van der Waals surface area contributed by atoms with Gasteiger partial charge in [0.05, 0.1) is 11.8 Å².